The van der Waals surface area contributed by atoms with Crippen LogP contribution in [0.5, 0.6) is 0 Å². The van der Waals surface area contributed by atoms with Crippen LogP contribution in [0.2, 0.25) is 0 Å². The molecule has 1 amide bonds. The number of carbonyl (C=O) groups excluding carboxylic acids is 3. The molecule has 7 heteroatoms. The van der Waals surface area contributed by atoms with Crippen LogP contribution in [0.15, 0.2) is 42.5 Å². The van der Waals surface area contributed by atoms with Crippen molar-refractivity contribution < 1.29 is 23.5 Å². The van der Waals surface area contributed by atoms with Gasteiger partial charge in [0, 0.05) is 21.3 Å². The van der Waals surface area contributed by atoms with Crippen molar-refractivity contribution >= 4 is 44.8 Å². The van der Waals surface area contributed by atoms with E-state index < -0.39 is 24.3 Å². The average molecular weight is 385 g/mol. The van der Waals surface area contributed by atoms with Gasteiger partial charge in [-0.25, -0.2) is 9.18 Å². The third-order valence-corrected chi connectivity index (χ3v) is 5.21. The molecule has 138 valence electrons. The fourth-order valence-electron chi connectivity index (χ4n) is 2.66. The van der Waals surface area contributed by atoms with Crippen LogP contribution in [0.1, 0.15) is 32.5 Å². The number of carbonyl (C=O) groups is 3. The Kier molecular flexibility index (Phi) is 5.32. The van der Waals surface area contributed by atoms with Crippen molar-refractivity contribution in [1.29, 1.82) is 0 Å². The fraction of sp³-hybridized carbons (Fsp3) is 0.150. The van der Waals surface area contributed by atoms with E-state index >= 15 is 0 Å². The summed E-state index contributed by atoms with van der Waals surface area (Å²) in [5.41, 5.74) is 1.39. The molecule has 0 aliphatic carbocycles. The van der Waals surface area contributed by atoms with E-state index in [1.807, 2.05) is 0 Å². The molecule has 27 heavy (non-hydrogen) atoms. The van der Waals surface area contributed by atoms with Gasteiger partial charge in [0.25, 0.3) is 5.91 Å². The molecule has 0 radical (unpaired) electrons. The van der Waals surface area contributed by atoms with E-state index in [9.17, 15) is 18.8 Å². The van der Waals surface area contributed by atoms with Crippen LogP contribution in [0.3, 0.4) is 0 Å². The van der Waals surface area contributed by atoms with Gasteiger partial charge in [0.1, 0.15) is 10.7 Å². The molecule has 2 aromatic carbocycles. The highest BCUT2D eigenvalue weighted by molar-refractivity contribution is 7.21. The highest BCUT2D eigenvalue weighted by Crippen LogP contribution is 2.32. The van der Waals surface area contributed by atoms with Crippen LogP contribution < -0.4 is 5.32 Å². The van der Waals surface area contributed by atoms with Gasteiger partial charge in [-0.05, 0) is 43.7 Å². The summed E-state index contributed by atoms with van der Waals surface area (Å²) < 4.78 is 19.6. The lowest BCUT2D eigenvalue weighted by Crippen LogP contribution is -2.21. The van der Waals surface area contributed by atoms with Gasteiger partial charge in [0.05, 0.1) is 0 Å². The maximum atomic E-state index is 13.9. The topological polar surface area (TPSA) is 72.5 Å². The van der Waals surface area contributed by atoms with Crippen LogP contribution in [0, 0.1) is 12.7 Å². The number of ketones is 1. The second kappa shape index (κ2) is 7.67. The maximum absolute atomic E-state index is 13.9. The van der Waals surface area contributed by atoms with Gasteiger partial charge in [-0.2, -0.15) is 0 Å². The molecule has 3 rings (SSSR count). The molecule has 3 aromatic rings. The van der Waals surface area contributed by atoms with Crippen molar-refractivity contribution in [1.82, 2.24) is 0 Å². The number of nitrogens with one attached hydrogen (secondary N) is 1. The zero-order valence-electron chi connectivity index (χ0n) is 14.7. The molecule has 0 saturated carbocycles. The van der Waals surface area contributed by atoms with E-state index in [0.717, 1.165) is 11.3 Å². The minimum Gasteiger partial charge on any atom is -0.451 e. The van der Waals surface area contributed by atoms with Crippen molar-refractivity contribution in [3.8, 4) is 0 Å². The zero-order valence-corrected chi connectivity index (χ0v) is 15.5. The van der Waals surface area contributed by atoms with E-state index in [0.29, 0.717) is 26.9 Å². The summed E-state index contributed by atoms with van der Waals surface area (Å²) in [4.78, 5) is 35.9. The molecule has 1 heterocycles. The monoisotopic (exact) mass is 385 g/mol. The first-order valence-corrected chi connectivity index (χ1v) is 8.94. The number of anilines is 1. The minimum atomic E-state index is -0.680. The molecule has 0 unspecified atom stereocenters. The first-order chi connectivity index (χ1) is 12.9. The minimum absolute atomic E-state index is 0.120. The third kappa shape index (κ3) is 4.03. The summed E-state index contributed by atoms with van der Waals surface area (Å²) in [5, 5.41) is 2.96. The molecule has 0 aliphatic heterocycles. The molecule has 0 spiro atoms. The lowest BCUT2D eigenvalue weighted by atomic mass is 10.1. The SMILES string of the molecule is CC(=O)c1cccc(NC(=O)COC(=O)c2sc3cccc(F)c3c2C)c1. The summed E-state index contributed by atoms with van der Waals surface area (Å²) in [6.07, 6.45) is 0. The molecule has 0 bridgehead atoms. The van der Waals surface area contributed by atoms with Crippen molar-refractivity contribution in [3.05, 3.63) is 64.3 Å². The van der Waals surface area contributed by atoms with Gasteiger partial charge in [-0.1, -0.05) is 18.2 Å². The number of thiophene rings is 1. The zero-order chi connectivity index (χ0) is 19.6. The Bertz CT molecular complexity index is 1060. The number of hydrogen-bond acceptors (Lipinski definition) is 5. The van der Waals surface area contributed by atoms with Gasteiger partial charge in [0.15, 0.2) is 12.4 Å². The summed E-state index contributed by atoms with van der Waals surface area (Å²) in [7, 11) is 0. The molecular formula is C20H16FNO4S. The molecule has 1 aromatic heterocycles. The highest BCUT2D eigenvalue weighted by Gasteiger charge is 2.19. The smallest absolute Gasteiger partial charge is 0.349 e. The van der Waals surface area contributed by atoms with Gasteiger partial charge < -0.3 is 10.1 Å². The van der Waals surface area contributed by atoms with Crippen LogP contribution in [-0.4, -0.2) is 24.3 Å². The Morgan fingerprint density at radius 2 is 1.89 bits per heavy atom. The number of benzene rings is 2. The van der Waals surface area contributed by atoms with E-state index in [2.05, 4.69) is 5.32 Å². The normalized spacial score (nSPS) is 10.6. The molecule has 0 fully saturated rings. The Balaban J connectivity index is 1.66. The number of amides is 1. The van der Waals surface area contributed by atoms with Crippen molar-refractivity contribution in [2.45, 2.75) is 13.8 Å². The van der Waals surface area contributed by atoms with Crippen molar-refractivity contribution in [2.24, 2.45) is 0 Å². The Labute approximate surface area is 158 Å². The predicted molar refractivity (Wildman–Crippen MR) is 102 cm³/mol. The second-order valence-electron chi connectivity index (χ2n) is 5.93. The van der Waals surface area contributed by atoms with Crippen LogP contribution in [-0.2, 0) is 9.53 Å². The Hall–Kier alpha value is -3.06. The Morgan fingerprint density at radius 1 is 1.15 bits per heavy atom. The molecular weight excluding hydrogens is 369 g/mol. The first kappa shape index (κ1) is 18.7. The van der Waals surface area contributed by atoms with E-state index in [4.69, 9.17) is 4.74 Å². The van der Waals surface area contributed by atoms with Gasteiger partial charge in [-0.15, -0.1) is 11.3 Å². The van der Waals surface area contributed by atoms with Crippen LogP contribution in [0.25, 0.3) is 10.1 Å². The number of fused-ring (bicyclic) bond motifs is 1. The van der Waals surface area contributed by atoms with E-state index in [1.54, 1.807) is 43.3 Å². The quantitative estimate of drug-likeness (QED) is 0.524. The molecule has 1 N–H and O–H groups in total. The summed E-state index contributed by atoms with van der Waals surface area (Å²) >= 11 is 1.12. The number of ether oxygens (including phenoxy) is 1. The number of Topliss-reactive ketones (excluding diaryl/α,β-unsaturated/α-hetero) is 1. The number of aryl methyl sites for hydroxylation is 1. The number of rotatable bonds is 5. The Morgan fingerprint density at radius 3 is 2.59 bits per heavy atom. The number of halogens is 1. The maximum Gasteiger partial charge on any atom is 0.349 e. The lowest BCUT2D eigenvalue weighted by Gasteiger charge is -2.07. The van der Waals surface area contributed by atoms with E-state index in [1.165, 1.54) is 13.0 Å². The first-order valence-electron chi connectivity index (χ1n) is 8.12. The third-order valence-electron chi connectivity index (χ3n) is 3.98. The highest BCUT2D eigenvalue weighted by atomic mass is 32.1. The van der Waals surface area contributed by atoms with Crippen molar-refractivity contribution in [2.75, 3.05) is 11.9 Å². The average Bonchev–Trinajstić information content (AvgIpc) is 2.98. The second-order valence-corrected chi connectivity index (χ2v) is 6.98. The summed E-state index contributed by atoms with van der Waals surface area (Å²) in [5.74, 6) is -1.73. The fourth-order valence-corrected chi connectivity index (χ4v) is 3.77. The summed E-state index contributed by atoms with van der Waals surface area (Å²) in [6, 6.07) is 11.1. The van der Waals surface area contributed by atoms with Gasteiger partial charge in [-0.3, -0.25) is 9.59 Å². The van der Waals surface area contributed by atoms with Gasteiger partial charge >= 0.3 is 5.97 Å². The van der Waals surface area contributed by atoms with Crippen LogP contribution >= 0.6 is 11.3 Å². The predicted octanol–water partition coefficient (Wildman–Crippen LogP) is 4.35. The molecule has 0 saturated heterocycles. The largest absolute Gasteiger partial charge is 0.451 e. The van der Waals surface area contributed by atoms with E-state index in [-0.39, 0.29) is 10.7 Å². The standard InChI is InChI=1S/C20H16FNO4S/c1-11-18-15(21)7-4-8-16(18)27-19(11)20(25)26-10-17(24)22-14-6-3-5-13(9-14)12(2)23/h3-9H,10H2,1-2H3,(H,22,24). The summed E-state index contributed by atoms with van der Waals surface area (Å²) in [6.45, 7) is 2.59. The van der Waals surface area contributed by atoms with Crippen molar-refractivity contribution in [3.63, 3.8) is 0 Å². The molecule has 5 nitrogen and oxygen atoms in total. The van der Waals surface area contributed by atoms with Gasteiger partial charge in [0.2, 0.25) is 0 Å². The number of esters is 1. The molecule has 0 atom stereocenters. The lowest BCUT2D eigenvalue weighted by molar-refractivity contribution is -0.119. The van der Waals surface area contributed by atoms with Crippen LogP contribution in [0.4, 0.5) is 10.1 Å². The molecule has 0 aliphatic rings. The number of hydrogen-bond donors (Lipinski definition) is 1.